The number of methoxy groups -OCH3 is 1. The molecule has 198 valence electrons. The fourth-order valence-electron chi connectivity index (χ4n) is 3.87. The number of halogens is 1. The minimum absolute atomic E-state index is 0.196. The number of benzene rings is 2. The van der Waals surface area contributed by atoms with Crippen LogP contribution in [0.3, 0.4) is 0 Å². The van der Waals surface area contributed by atoms with Gasteiger partial charge in [-0.25, -0.2) is 4.39 Å². The average molecular weight is 521 g/mol. The molecule has 0 aliphatic rings. The summed E-state index contributed by atoms with van der Waals surface area (Å²) in [6, 6.07) is 14.6. The number of anilines is 1. The van der Waals surface area contributed by atoms with E-state index in [0.717, 1.165) is 4.80 Å². The number of nitrogens with one attached hydrogen (secondary N) is 1. The zero-order valence-corrected chi connectivity index (χ0v) is 21.8. The third kappa shape index (κ3) is 6.23. The van der Waals surface area contributed by atoms with E-state index in [0.29, 0.717) is 22.8 Å². The molecule has 0 bridgehead atoms. The van der Waals surface area contributed by atoms with Crippen molar-refractivity contribution >= 4 is 17.5 Å². The minimum atomic E-state index is -1.13. The molecule has 0 saturated heterocycles. The molecule has 0 saturated carbocycles. The zero-order chi connectivity index (χ0) is 27.4. The molecule has 2 amide bonds. The van der Waals surface area contributed by atoms with Crippen LogP contribution < -0.4 is 15.0 Å². The van der Waals surface area contributed by atoms with Crippen LogP contribution in [0.1, 0.15) is 38.1 Å². The van der Waals surface area contributed by atoms with Crippen LogP contribution in [0, 0.1) is 12.7 Å². The normalized spacial score (nSPS) is 12.2. The Kier molecular flexibility index (Phi) is 7.56. The quantitative estimate of drug-likeness (QED) is 0.372. The van der Waals surface area contributed by atoms with Gasteiger partial charge in [0, 0.05) is 11.2 Å². The summed E-state index contributed by atoms with van der Waals surface area (Å²) < 4.78 is 25.1. The lowest BCUT2D eigenvalue weighted by molar-refractivity contribution is -0.128. The van der Waals surface area contributed by atoms with Crippen molar-refractivity contribution in [2.45, 2.75) is 45.8 Å². The number of furan rings is 1. The van der Waals surface area contributed by atoms with Gasteiger partial charge in [0.05, 0.1) is 7.11 Å². The monoisotopic (exact) mass is 520 g/mol. The number of nitrogens with zero attached hydrogens (tertiary/aromatic N) is 5. The van der Waals surface area contributed by atoms with Gasteiger partial charge in [0.1, 0.15) is 29.9 Å². The lowest BCUT2D eigenvalue weighted by Gasteiger charge is -2.33. The standard InChI is InChI=1S/C27H29FN6O4/c1-17-9-14-22(38-17)25-30-32-33(31-25)16-23(35)34(20-8-6-7-19(28)15-20)24(26(36)29-27(2,3)4)18-10-12-21(37-5)13-11-18/h6-15,24H,16H2,1-5H3,(H,29,36)/t24-/m0/s1. The van der Waals surface area contributed by atoms with Gasteiger partial charge in [-0.3, -0.25) is 14.5 Å². The maximum atomic E-state index is 14.3. The molecule has 1 N–H and O–H groups in total. The van der Waals surface area contributed by atoms with Crippen molar-refractivity contribution < 1.29 is 23.1 Å². The van der Waals surface area contributed by atoms with E-state index < -0.39 is 29.2 Å². The Labute approximate surface area is 219 Å². The number of hydrogen-bond acceptors (Lipinski definition) is 7. The molecule has 2 heterocycles. The van der Waals surface area contributed by atoms with Crippen LogP contribution >= 0.6 is 0 Å². The number of carbonyl (C=O) groups is 2. The van der Waals surface area contributed by atoms with Crippen LogP contribution in [0.15, 0.2) is 65.1 Å². The van der Waals surface area contributed by atoms with Crippen LogP contribution in [0.4, 0.5) is 10.1 Å². The summed E-state index contributed by atoms with van der Waals surface area (Å²) in [6.07, 6.45) is 0. The number of carbonyl (C=O) groups excluding carboxylic acids is 2. The molecule has 10 nitrogen and oxygen atoms in total. The van der Waals surface area contributed by atoms with Gasteiger partial charge in [-0.1, -0.05) is 18.2 Å². The first kappa shape index (κ1) is 26.5. The van der Waals surface area contributed by atoms with E-state index in [1.54, 1.807) is 49.4 Å². The summed E-state index contributed by atoms with van der Waals surface area (Å²) in [6.45, 7) is 6.93. The largest absolute Gasteiger partial charge is 0.497 e. The van der Waals surface area contributed by atoms with Crippen molar-refractivity contribution in [2.75, 3.05) is 12.0 Å². The number of aryl methyl sites for hydroxylation is 1. The van der Waals surface area contributed by atoms with Crippen molar-refractivity contribution in [3.05, 3.63) is 77.8 Å². The van der Waals surface area contributed by atoms with Gasteiger partial charge >= 0.3 is 0 Å². The average Bonchev–Trinajstić information content (AvgIpc) is 3.50. The first-order valence-electron chi connectivity index (χ1n) is 11.9. The Morgan fingerprint density at radius 2 is 1.87 bits per heavy atom. The maximum Gasteiger partial charge on any atom is 0.251 e. The predicted molar refractivity (Wildman–Crippen MR) is 138 cm³/mol. The zero-order valence-electron chi connectivity index (χ0n) is 21.8. The van der Waals surface area contributed by atoms with Gasteiger partial charge in [0.25, 0.3) is 5.91 Å². The van der Waals surface area contributed by atoms with E-state index in [9.17, 15) is 14.0 Å². The summed E-state index contributed by atoms with van der Waals surface area (Å²) in [5, 5.41) is 15.1. The molecule has 0 spiro atoms. The van der Waals surface area contributed by atoms with Gasteiger partial charge in [0.15, 0.2) is 5.76 Å². The molecular formula is C27H29FN6O4. The lowest BCUT2D eigenvalue weighted by Crippen LogP contribution is -2.50. The molecule has 0 radical (unpaired) electrons. The molecule has 2 aromatic carbocycles. The number of hydrogen-bond donors (Lipinski definition) is 1. The van der Waals surface area contributed by atoms with Crippen molar-refractivity contribution in [2.24, 2.45) is 0 Å². The number of amides is 2. The molecule has 0 aliphatic carbocycles. The Morgan fingerprint density at radius 3 is 2.47 bits per heavy atom. The summed E-state index contributed by atoms with van der Waals surface area (Å²) in [5.41, 5.74) is 0.104. The van der Waals surface area contributed by atoms with E-state index in [2.05, 4.69) is 20.7 Å². The van der Waals surface area contributed by atoms with Crippen LogP contribution in [-0.4, -0.2) is 44.7 Å². The molecule has 0 aliphatic heterocycles. The summed E-state index contributed by atoms with van der Waals surface area (Å²) in [4.78, 5) is 29.8. The van der Waals surface area contributed by atoms with Crippen LogP contribution in [0.25, 0.3) is 11.6 Å². The molecule has 38 heavy (non-hydrogen) atoms. The Hall–Kier alpha value is -4.54. The molecule has 4 aromatic rings. The van der Waals surface area contributed by atoms with Gasteiger partial charge in [-0.05, 0) is 80.9 Å². The fourth-order valence-corrected chi connectivity index (χ4v) is 3.87. The molecule has 2 aromatic heterocycles. The summed E-state index contributed by atoms with van der Waals surface area (Å²) in [7, 11) is 1.53. The van der Waals surface area contributed by atoms with Crippen molar-refractivity contribution in [1.29, 1.82) is 0 Å². The second kappa shape index (κ2) is 10.8. The summed E-state index contributed by atoms with van der Waals surface area (Å²) in [5.74, 6) is 0.319. The van der Waals surface area contributed by atoms with Gasteiger partial charge in [-0.15, -0.1) is 10.2 Å². The van der Waals surface area contributed by atoms with E-state index in [1.807, 2.05) is 20.8 Å². The Morgan fingerprint density at radius 1 is 1.13 bits per heavy atom. The van der Waals surface area contributed by atoms with Gasteiger partial charge in [0.2, 0.25) is 11.7 Å². The van der Waals surface area contributed by atoms with Crippen molar-refractivity contribution in [3.63, 3.8) is 0 Å². The second-order valence-electron chi connectivity index (χ2n) is 9.71. The van der Waals surface area contributed by atoms with Gasteiger partial charge in [-0.2, -0.15) is 4.80 Å². The van der Waals surface area contributed by atoms with E-state index in [1.165, 1.54) is 30.2 Å². The summed E-state index contributed by atoms with van der Waals surface area (Å²) >= 11 is 0. The SMILES string of the molecule is COc1ccc([C@@H](C(=O)NC(C)(C)C)N(C(=O)Cn2nnc(-c3ccc(C)o3)n2)c2cccc(F)c2)cc1. The van der Waals surface area contributed by atoms with Gasteiger partial charge < -0.3 is 14.5 Å². The molecular weight excluding hydrogens is 491 g/mol. The minimum Gasteiger partial charge on any atom is -0.497 e. The molecule has 0 fully saturated rings. The molecule has 1 atom stereocenters. The first-order chi connectivity index (χ1) is 18.0. The maximum absolute atomic E-state index is 14.3. The predicted octanol–water partition coefficient (Wildman–Crippen LogP) is 4.08. The number of tetrazole rings is 1. The van der Waals surface area contributed by atoms with Crippen LogP contribution in [-0.2, 0) is 16.1 Å². The highest BCUT2D eigenvalue weighted by atomic mass is 19.1. The third-order valence-corrected chi connectivity index (χ3v) is 5.48. The highest BCUT2D eigenvalue weighted by Crippen LogP contribution is 2.30. The van der Waals surface area contributed by atoms with Crippen molar-refractivity contribution in [3.8, 4) is 17.3 Å². The molecule has 11 heteroatoms. The van der Waals surface area contributed by atoms with E-state index in [4.69, 9.17) is 9.15 Å². The topological polar surface area (TPSA) is 115 Å². The van der Waals surface area contributed by atoms with E-state index >= 15 is 0 Å². The number of ether oxygens (including phenoxy) is 1. The number of aromatic nitrogens is 4. The molecule has 0 unspecified atom stereocenters. The second-order valence-corrected chi connectivity index (χ2v) is 9.71. The highest BCUT2D eigenvalue weighted by Gasteiger charge is 2.35. The fraction of sp³-hybridized carbons (Fsp3) is 0.296. The van der Waals surface area contributed by atoms with Crippen LogP contribution in [0.2, 0.25) is 0 Å². The lowest BCUT2D eigenvalue weighted by atomic mass is 10.0. The molecule has 4 rings (SSSR count). The van der Waals surface area contributed by atoms with Crippen molar-refractivity contribution in [1.82, 2.24) is 25.5 Å². The Bertz CT molecular complexity index is 1420. The van der Waals surface area contributed by atoms with Crippen LogP contribution in [0.5, 0.6) is 5.75 Å². The highest BCUT2D eigenvalue weighted by molar-refractivity contribution is 6.01. The van der Waals surface area contributed by atoms with E-state index in [-0.39, 0.29) is 18.1 Å². The third-order valence-electron chi connectivity index (χ3n) is 5.48. The first-order valence-corrected chi connectivity index (χ1v) is 11.9. The smallest absolute Gasteiger partial charge is 0.251 e. The number of rotatable bonds is 8. The Balaban J connectivity index is 1.75.